The van der Waals surface area contributed by atoms with Gasteiger partial charge in [-0.15, -0.1) is 0 Å². The van der Waals surface area contributed by atoms with E-state index >= 15 is 0 Å². The van der Waals surface area contributed by atoms with Crippen LogP contribution in [-0.4, -0.2) is 25.4 Å². The van der Waals surface area contributed by atoms with Crippen molar-refractivity contribution in [2.24, 2.45) is 0 Å². The third-order valence-electron chi connectivity index (χ3n) is 5.88. The summed E-state index contributed by atoms with van der Waals surface area (Å²) >= 11 is 3.02. The van der Waals surface area contributed by atoms with Crippen LogP contribution < -0.4 is 0 Å². The molecule has 4 atom stereocenters. The smallest absolute Gasteiger partial charge is 0.0991 e. The Morgan fingerprint density at radius 2 is 1.03 bits per heavy atom. The lowest BCUT2D eigenvalue weighted by Gasteiger charge is -2.18. The molecule has 3 nitrogen and oxygen atoms in total. The Morgan fingerprint density at radius 1 is 0.613 bits per heavy atom. The van der Waals surface area contributed by atoms with Gasteiger partial charge in [-0.2, -0.15) is 0 Å². The highest BCUT2D eigenvalue weighted by Crippen LogP contribution is 2.47. The van der Waals surface area contributed by atoms with Gasteiger partial charge in [0.25, 0.3) is 0 Å². The van der Waals surface area contributed by atoms with Crippen molar-refractivity contribution in [3.63, 3.8) is 0 Å². The second-order valence-electron chi connectivity index (χ2n) is 8.06. The summed E-state index contributed by atoms with van der Waals surface area (Å²) in [6.07, 6.45) is 0.422. The van der Waals surface area contributed by atoms with Crippen LogP contribution in [-0.2, 0) is 13.1 Å². The van der Waals surface area contributed by atoms with Gasteiger partial charge >= 0.3 is 0 Å². The van der Waals surface area contributed by atoms with Crippen LogP contribution in [0.1, 0.15) is 21.6 Å². The van der Waals surface area contributed by atoms with Gasteiger partial charge in [0, 0.05) is 24.1 Å². The normalized spacial score (nSPS) is 21.8. The van der Waals surface area contributed by atoms with Gasteiger partial charge in [-0.25, -0.2) is 3.63 Å². The lowest BCUT2D eigenvalue weighted by Crippen LogP contribution is -2.05. The van der Waals surface area contributed by atoms with Crippen LogP contribution in [0.25, 0.3) is 21.5 Å². The first-order valence-electron chi connectivity index (χ1n) is 10.5. The van der Waals surface area contributed by atoms with E-state index in [0.717, 1.165) is 13.2 Å². The molecule has 2 aliphatic rings. The number of benzene rings is 4. The third-order valence-corrected chi connectivity index (χ3v) is 8.08. The molecule has 5 heteroatoms. The summed E-state index contributed by atoms with van der Waals surface area (Å²) in [5, 5.41) is 5.33. The van der Waals surface area contributed by atoms with Gasteiger partial charge in [0.05, 0.1) is 35.9 Å². The first-order valence-corrected chi connectivity index (χ1v) is 12.2. The Kier molecular flexibility index (Phi) is 5.38. The van der Waals surface area contributed by atoms with Crippen molar-refractivity contribution in [2.45, 2.75) is 22.7 Å². The van der Waals surface area contributed by atoms with E-state index in [-0.39, 0.29) is 22.7 Å². The topological polar surface area (TPSA) is 34.3 Å². The predicted octanol–water partition coefficient (Wildman–Crippen LogP) is 6.89. The average Bonchev–Trinajstić information content (AvgIpc) is 3.73. The van der Waals surface area contributed by atoms with E-state index in [1.165, 1.54) is 56.8 Å². The fraction of sp³-hybridized carbons (Fsp3) is 0.231. The van der Waals surface area contributed by atoms with E-state index in [9.17, 15) is 0 Å². The van der Waals surface area contributed by atoms with E-state index in [0.29, 0.717) is 0 Å². The average molecular weight is 447 g/mol. The molecule has 6 rings (SSSR count). The van der Waals surface area contributed by atoms with Crippen LogP contribution >= 0.6 is 24.1 Å². The molecular weight excluding hydrogens is 424 g/mol. The molecule has 4 aromatic rings. The summed E-state index contributed by atoms with van der Waals surface area (Å²) in [5.74, 6) is 0. The SMILES string of the molecule is c1ccc2cc(C(SOSC(c3ccc4ccccc4c3)C3CO3)C3CO3)ccc2c1. The molecule has 0 N–H and O–H groups in total. The standard InChI is InChI=1S/C26H22O3S2/c1-3-7-19-13-21(11-9-17(19)5-1)25(23-15-27-23)30-29-31-26(24-16-28-24)22-12-10-18-6-2-4-8-20(18)14-22/h1-14,23-26H,15-16H2. The quantitative estimate of drug-likeness (QED) is 0.218. The highest BCUT2D eigenvalue weighted by Gasteiger charge is 2.38. The van der Waals surface area contributed by atoms with Crippen LogP contribution in [0.5, 0.6) is 0 Å². The maximum absolute atomic E-state index is 6.17. The summed E-state index contributed by atoms with van der Waals surface area (Å²) in [6, 6.07) is 30.2. The molecule has 0 aliphatic carbocycles. The van der Waals surface area contributed by atoms with Gasteiger partial charge in [0.2, 0.25) is 0 Å². The molecule has 0 spiro atoms. The minimum absolute atomic E-state index is 0.162. The van der Waals surface area contributed by atoms with Crippen LogP contribution in [0.3, 0.4) is 0 Å². The number of hydrogen-bond acceptors (Lipinski definition) is 5. The molecule has 4 unspecified atom stereocenters. The Labute approximate surface area is 190 Å². The molecule has 2 saturated heterocycles. The van der Waals surface area contributed by atoms with Crippen LogP contribution in [0, 0.1) is 0 Å². The maximum atomic E-state index is 6.17. The zero-order chi connectivity index (χ0) is 20.6. The molecule has 0 bridgehead atoms. The van der Waals surface area contributed by atoms with Crippen molar-refractivity contribution < 1.29 is 13.1 Å². The molecular formula is C26H22O3S2. The third kappa shape index (κ3) is 4.34. The van der Waals surface area contributed by atoms with Crippen LogP contribution in [0.2, 0.25) is 0 Å². The first kappa shape index (κ1) is 19.6. The number of ether oxygens (including phenoxy) is 2. The fourth-order valence-electron chi connectivity index (χ4n) is 4.00. The Morgan fingerprint density at radius 3 is 1.45 bits per heavy atom. The van der Waals surface area contributed by atoms with E-state index in [1.807, 2.05) is 0 Å². The van der Waals surface area contributed by atoms with Crippen molar-refractivity contribution in [1.29, 1.82) is 0 Å². The van der Waals surface area contributed by atoms with Crippen molar-refractivity contribution in [3.05, 3.63) is 96.1 Å². The first-order chi connectivity index (χ1) is 15.3. The molecule has 0 amide bonds. The summed E-state index contributed by atoms with van der Waals surface area (Å²) in [7, 11) is 0. The minimum Gasteiger partial charge on any atom is -0.371 e. The van der Waals surface area contributed by atoms with Crippen LogP contribution in [0.4, 0.5) is 0 Å². The molecule has 2 heterocycles. The molecule has 0 saturated carbocycles. The van der Waals surface area contributed by atoms with Crippen molar-refractivity contribution in [1.82, 2.24) is 0 Å². The predicted molar refractivity (Wildman–Crippen MR) is 129 cm³/mol. The lowest BCUT2D eigenvalue weighted by atomic mass is 10.0. The zero-order valence-corrected chi connectivity index (χ0v) is 18.5. The van der Waals surface area contributed by atoms with Gasteiger partial charge in [0.1, 0.15) is 0 Å². The second kappa shape index (κ2) is 8.49. The minimum atomic E-state index is 0.162. The number of epoxide rings is 2. The van der Waals surface area contributed by atoms with Gasteiger partial charge in [-0.1, -0.05) is 72.8 Å². The summed E-state index contributed by atoms with van der Waals surface area (Å²) in [6.45, 7) is 1.58. The number of fused-ring (bicyclic) bond motifs is 2. The van der Waals surface area contributed by atoms with E-state index in [1.54, 1.807) is 0 Å². The summed E-state index contributed by atoms with van der Waals surface area (Å²) in [5.41, 5.74) is 2.49. The molecule has 31 heavy (non-hydrogen) atoms. The van der Waals surface area contributed by atoms with Gasteiger partial charge in [-0.05, 0) is 44.8 Å². The molecule has 0 radical (unpaired) electrons. The molecule has 156 valence electrons. The Balaban J connectivity index is 1.18. The molecule has 0 aromatic heterocycles. The van der Waals surface area contributed by atoms with Gasteiger partial charge < -0.3 is 9.47 Å². The molecule has 2 fully saturated rings. The van der Waals surface area contributed by atoms with E-state index in [2.05, 4.69) is 84.9 Å². The molecule has 2 aliphatic heterocycles. The highest BCUT2D eigenvalue weighted by atomic mass is 32.2. The Bertz CT molecular complexity index is 1120. The monoisotopic (exact) mass is 446 g/mol. The highest BCUT2D eigenvalue weighted by molar-refractivity contribution is 8.08. The maximum Gasteiger partial charge on any atom is 0.0991 e. The lowest BCUT2D eigenvalue weighted by molar-refractivity contribution is 0.400. The second-order valence-corrected chi connectivity index (χ2v) is 10.0. The fourth-order valence-corrected chi connectivity index (χ4v) is 5.94. The van der Waals surface area contributed by atoms with Gasteiger partial charge in [-0.3, -0.25) is 0 Å². The van der Waals surface area contributed by atoms with E-state index in [4.69, 9.17) is 13.1 Å². The van der Waals surface area contributed by atoms with Crippen LogP contribution in [0.15, 0.2) is 84.9 Å². The zero-order valence-electron chi connectivity index (χ0n) is 16.8. The largest absolute Gasteiger partial charge is 0.371 e. The summed E-state index contributed by atoms with van der Waals surface area (Å²) in [4.78, 5) is 0. The van der Waals surface area contributed by atoms with Crippen molar-refractivity contribution >= 4 is 45.6 Å². The van der Waals surface area contributed by atoms with Crippen molar-refractivity contribution in [2.75, 3.05) is 13.2 Å². The number of hydrogen-bond donors (Lipinski definition) is 0. The van der Waals surface area contributed by atoms with Gasteiger partial charge in [0.15, 0.2) is 0 Å². The van der Waals surface area contributed by atoms with E-state index < -0.39 is 0 Å². The summed E-state index contributed by atoms with van der Waals surface area (Å²) < 4.78 is 17.5. The van der Waals surface area contributed by atoms with Crippen molar-refractivity contribution in [3.8, 4) is 0 Å². The Hall–Kier alpha value is -2.02. The molecule has 4 aromatic carbocycles. The number of rotatable bonds is 8.